The van der Waals surface area contributed by atoms with Gasteiger partial charge in [0.25, 0.3) is 0 Å². The molecular weight excluding hydrogens is 395 g/mol. The second-order valence-electron chi connectivity index (χ2n) is 5.67. The molecule has 0 saturated heterocycles. The molecule has 0 fully saturated rings. The minimum Gasteiger partial charge on any atom is -0.368 e. The molecule has 0 N–H and O–H groups in total. The number of anilines is 1. The zero-order valence-corrected chi connectivity index (χ0v) is 16.1. The summed E-state index contributed by atoms with van der Waals surface area (Å²) in [5.41, 5.74) is 3.37. The summed E-state index contributed by atoms with van der Waals surface area (Å²) in [5.74, 6) is 0. The van der Waals surface area contributed by atoms with Gasteiger partial charge in [-0.05, 0) is 37.0 Å². The average molecular weight is 410 g/mol. The maximum absolute atomic E-state index is 6.32. The first-order chi connectivity index (χ1) is 10.9. The van der Waals surface area contributed by atoms with Crippen molar-refractivity contribution in [1.82, 2.24) is 0 Å². The summed E-state index contributed by atoms with van der Waals surface area (Å²) in [5, 5.41) is 1.48. The molecule has 0 aromatic heterocycles. The van der Waals surface area contributed by atoms with Crippen LogP contribution in [0.5, 0.6) is 0 Å². The summed E-state index contributed by atoms with van der Waals surface area (Å²) >= 11 is 31.0. The Morgan fingerprint density at radius 2 is 1.48 bits per heavy atom. The van der Waals surface area contributed by atoms with E-state index in [9.17, 15) is 0 Å². The smallest absolute Gasteiger partial charge is 0.0809 e. The fraction of sp³-hybridized carbons (Fsp3) is 0.294. The normalized spacial score (nSPS) is 16.8. The first-order valence-corrected chi connectivity index (χ1v) is 9.15. The molecular formula is C17H14Cl5N. The Kier molecular flexibility index (Phi) is 5.25. The molecule has 2 aromatic rings. The molecule has 1 aliphatic heterocycles. The van der Waals surface area contributed by atoms with Crippen molar-refractivity contribution in [1.29, 1.82) is 0 Å². The molecule has 2 aromatic carbocycles. The van der Waals surface area contributed by atoms with Crippen LogP contribution in [0, 0.1) is 0 Å². The van der Waals surface area contributed by atoms with Gasteiger partial charge in [0, 0.05) is 18.3 Å². The Morgan fingerprint density at radius 1 is 0.913 bits per heavy atom. The topological polar surface area (TPSA) is 3.24 Å². The number of hydrogen-bond donors (Lipinski definition) is 0. The Bertz CT molecular complexity index is 730. The molecule has 3 rings (SSSR count). The third-order valence-corrected chi connectivity index (χ3v) is 6.61. The summed E-state index contributed by atoms with van der Waals surface area (Å²) in [6.07, 6.45) is 1.69. The fourth-order valence-electron chi connectivity index (χ4n) is 3.07. The number of hydrogen-bond acceptors (Lipinski definition) is 1. The monoisotopic (exact) mass is 407 g/mol. The molecule has 122 valence electrons. The molecule has 0 saturated carbocycles. The van der Waals surface area contributed by atoms with E-state index in [0.717, 1.165) is 18.5 Å². The number of fused-ring (bicyclic) bond motifs is 1. The molecule has 0 bridgehead atoms. The summed E-state index contributed by atoms with van der Waals surface area (Å²) in [6, 6.07) is 8.87. The van der Waals surface area contributed by atoms with Crippen LogP contribution in [-0.4, -0.2) is 12.6 Å². The van der Waals surface area contributed by atoms with E-state index in [1.807, 2.05) is 0 Å². The first kappa shape index (κ1) is 17.5. The van der Waals surface area contributed by atoms with E-state index in [1.165, 1.54) is 11.3 Å². The molecule has 23 heavy (non-hydrogen) atoms. The summed E-state index contributed by atoms with van der Waals surface area (Å²) < 4.78 is 0. The van der Waals surface area contributed by atoms with E-state index in [1.54, 1.807) is 0 Å². The van der Waals surface area contributed by atoms with Crippen molar-refractivity contribution < 1.29 is 0 Å². The second-order valence-corrected chi connectivity index (χ2v) is 7.56. The van der Waals surface area contributed by atoms with Gasteiger partial charge < -0.3 is 4.90 Å². The lowest BCUT2D eigenvalue weighted by Gasteiger charge is -2.25. The zero-order valence-electron chi connectivity index (χ0n) is 12.3. The molecule has 0 aliphatic carbocycles. The van der Waals surface area contributed by atoms with Gasteiger partial charge in [-0.15, -0.1) is 0 Å². The zero-order chi connectivity index (χ0) is 16.7. The van der Waals surface area contributed by atoms with Crippen LogP contribution in [0.3, 0.4) is 0 Å². The summed E-state index contributed by atoms with van der Waals surface area (Å²) in [4.78, 5) is 2.36. The van der Waals surface area contributed by atoms with E-state index in [-0.39, 0.29) is 15.1 Å². The van der Waals surface area contributed by atoms with Crippen LogP contribution in [0.2, 0.25) is 25.1 Å². The highest BCUT2D eigenvalue weighted by atomic mass is 35.5. The van der Waals surface area contributed by atoms with E-state index in [2.05, 4.69) is 36.1 Å². The minimum atomic E-state index is 0.201. The van der Waals surface area contributed by atoms with E-state index >= 15 is 0 Å². The van der Waals surface area contributed by atoms with Crippen LogP contribution in [0.1, 0.15) is 18.1 Å². The van der Waals surface area contributed by atoms with Crippen LogP contribution in [0.4, 0.5) is 5.69 Å². The van der Waals surface area contributed by atoms with Crippen molar-refractivity contribution in [3.05, 3.63) is 60.5 Å². The highest BCUT2D eigenvalue weighted by Crippen LogP contribution is 2.44. The molecule has 6 heteroatoms. The van der Waals surface area contributed by atoms with Crippen molar-refractivity contribution in [3.63, 3.8) is 0 Å². The van der Waals surface area contributed by atoms with Gasteiger partial charge >= 0.3 is 0 Å². The van der Waals surface area contributed by atoms with Gasteiger partial charge in [0.2, 0.25) is 0 Å². The van der Waals surface area contributed by atoms with E-state index < -0.39 is 0 Å². The van der Waals surface area contributed by atoms with Crippen LogP contribution < -0.4 is 4.90 Å². The third-order valence-electron chi connectivity index (χ3n) is 4.25. The molecule has 1 atom stereocenters. The largest absolute Gasteiger partial charge is 0.368 e. The van der Waals surface area contributed by atoms with Gasteiger partial charge in [-0.3, -0.25) is 0 Å². The van der Waals surface area contributed by atoms with Gasteiger partial charge in [-0.2, -0.15) is 0 Å². The van der Waals surface area contributed by atoms with Gasteiger partial charge in [-0.25, -0.2) is 0 Å². The van der Waals surface area contributed by atoms with Crippen LogP contribution in [0.25, 0.3) is 0 Å². The third kappa shape index (κ3) is 3.15. The van der Waals surface area contributed by atoms with Crippen molar-refractivity contribution in [3.8, 4) is 0 Å². The van der Waals surface area contributed by atoms with E-state index in [0.29, 0.717) is 22.5 Å². The summed E-state index contributed by atoms with van der Waals surface area (Å²) in [7, 11) is 0. The van der Waals surface area contributed by atoms with Crippen molar-refractivity contribution in [2.45, 2.75) is 25.8 Å². The first-order valence-electron chi connectivity index (χ1n) is 7.26. The predicted molar refractivity (Wildman–Crippen MR) is 102 cm³/mol. The molecule has 1 nitrogen and oxygen atoms in total. The number of halogens is 5. The molecule has 0 spiro atoms. The van der Waals surface area contributed by atoms with Crippen LogP contribution >= 0.6 is 58.0 Å². The quantitative estimate of drug-likeness (QED) is 0.392. The Hall–Kier alpha value is -0.310. The molecule has 1 unspecified atom stereocenters. The lowest BCUT2D eigenvalue weighted by atomic mass is 10.1. The minimum absolute atomic E-state index is 0.201. The maximum Gasteiger partial charge on any atom is 0.0809 e. The van der Waals surface area contributed by atoms with Crippen molar-refractivity contribution in [2.75, 3.05) is 11.4 Å². The molecule has 1 aliphatic rings. The average Bonchev–Trinajstić information content (AvgIpc) is 2.87. The van der Waals surface area contributed by atoms with Crippen LogP contribution in [0.15, 0.2) is 24.3 Å². The number of rotatable bonds is 3. The molecule has 1 heterocycles. The standard InChI is InChI=1S/C17H14Cl5N/c1-9-8-10-4-2-3-5-12(10)23(9)7-6-11-13(18)15(20)17(22)16(21)14(11)19/h2-5,9H,6-8H2,1H3. The maximum atomic E-state index is 6.32. The SMILES string of the molecule is CC1Cc2ccccc2N1CCc1c(Cl)c(Cl)c(Cl)c(Cl)c1Cl. The number of nitrogens with zero attached hydrogens (tertiary/aromatic N) is 1. The number of para-hydroxylation sites is 1. The van der Waals surface area contributed by atoms with Crippen molar-refractivity contribution in [2.24, 2.45) is 0 Å². The molecule has 0 radical (unpaired) electrons. The lowest BCUT2D eigenvalue weighted by Crippen LogP contribution is -2.31. The highest BCUT2D eigenvalue weighted by Gasteiger charge is 2.26. The fourth-order valence-corrected chi connectivity index (χ4v) is 4.44. The lowest BCUT2D eigenvalue weighted by molar-refractivity contribution is 0.670. The highest BCUT2D eigenvalue weighted by molar-refractivity contribution is 6.55. The Morgan fingerprint density at radius 3 is 2.13 bits per heavy atom. The van der Waals surface area contributed by atoms with E-state index in [4.69, 9.17) is 58.0 Å². The Balaban J connectivity index is 1.88. The van der Waals surface area contributed by atoms with Gasteiger partial charge in [0.15, 0.2) is 0 Å². The van der Waals surface area contributed by atoms with Gasteiger partial charge in [0.05, 0.1) is 25.1 Å². The van der Waals surface area contributed by atoms with Crippen molar-refractivity contribution >= 4 is 63.7 Å². The predicted octanol–water partition coefficient (Wildman–Crippen LogP) is 6.95. The Labute approximate surface area is 161 Å². The van der Waals surface area contributed by atoms with Gasteiger partial charge in [0.1, 0.15) is 0 Å². The van der Waals surface area contributed by atoms with Crippen LogP contribution in [-0.2, 0) is 12.8 Å². The number of benzene rings is 2. The summed E-state index contributed by atoms with van der Waals surface area (Å²) in [6.45, 7) is 3.00. The second kappa shape index (κ2) is 6.90. The molecule has 0 amide bonds. The van der Waals surface area contributed by atoms with Gasteiger partial charge in [-0.1, -0.05) is 76.2 Å².